The largest absolute Gasteiger partial charge is 0.377 e. The van der Waals surface area contributed by atoms with Gasteiger partial charge < -0.3 is 4.74 Å². The van der Waals surface area contributed by atoms with Crippen molar-refractivity contribution >= 4 is 22.6 Å². The van der Waals surface area contributed by atoms with E-state index in [1.807, 2.05) is 0 Å². The van der Waals surface area contributed by atoms with Crippen molar-refractivity contribution in [2.75, 3.05) is 11.0 Å². The highest BCUT2D eigenvalue weighted by Crippen LogP contribution is 2.26. The minimum absolute atomic E-state index is 0.549. The molecule has 2 heteroatoms. The molecule has 0 amide bonds. The maximum Gasteiger partial charge on any atom is 0.0668 e. The van der Waals surface area contributed by atoms with Crippen molar-refractivity contribution in [3.63, 3.8) is 0 Å². The summed E-state index contributed by atoms with van der Waals surface area (Å²) < 4.78 is 6.72. The number of ether oxygens (including phenoxy) is 1. The van der Waals surface area contributed by atoms with Gasteiger partial charge in [-0.1, -0.05) is 36.4 Å². The van der Waals surface area contributed by atoms with Crippen LogP contribution >= 0.6 is 22.6 Å². The third kappa shape index (κ3) is 2.09. The van der Waals surface area contributed by atoms with E-state index < -0.39 is 0 Å². The molecule has 0 spiro atoms. The van der Waals surface area contributed by atoms with E-state index >= 15 is 0 Å². The van der Waals surface area contributed by atoms with Crippen LogP contribution < -0.4 is 0 Å². The lowest BCUT2D eigenvalue weighted by molar-refractivity contribution is 0.121. The topological polar surface area (TPSA) is 9.23 Å². The van der Waals surface area contributed by atoms with Crippen LogP contribution in [0.4, 0.5) is 0 Å². The predicted molar refractivity (Wildman–Crippen MR) is 51.6 cm³/mol. The van der Waals surface area contributed by atoms with Gasteiger partial charge in [-0.25, -0.2) is 0 Å². The van der Waals surface area contributed by atoms with E-state index in [0.29, 0.717) is 6.10 Å². The number of rotatable bonds is 2. The lowest BCUT2D eigenvalue weighted by Crippen LogP contribution is -2.08. The van der Waals surface area contributed by atoms with E-state index in [9.17, 15) is 0 Å². The maximum atomic E-state index is 5.57. The van der Waals surface area contributed by atoms with Crippen LogP contribution in [0.1, 0.15) is 20.3 Å². The smallest absolute Gasteiger partial charge is 0.0668 e. The first-order chi connectivity index (χ1) is 4.74. The van der Waals surface area contributed by atoms with Crippen LogP contribution in [-0.4, -0.2) is 17.1 Å². The number of halogens is 1. The standard InChI is InChI=1S/C8H15IO/c1-6(2)7-3-8(4-9)10-5-7/h6-8H,3-5H2,1-2H3/t7-,8-/m0/s1. The molecule has 1 nitrogen and oxygen atoms in total. The van der Waals surface area contributed by atoms with Crippen LogP contribution in [0.25, 0.3) is 0 Å². The van der Waals surface area contributed by atoms with E-state index in [0.717, 1.165) is 22.9 Å². The van der Waals surface area contributed by atoms with Gasteiger partial charge in [0.2, 0.25) is 0 Å². The lowest BCUT2D eigenvalue weighted by atomic mass is 9.94. The van der Waals surface area contributed by atoms with Crippen LogP contribution in [-0.2, 0) is 4.74 Å². The van der Waals surface area contributed by atoms with Gasteiger partial charge in [0.15, 0.2) is 0 Å². The Bertz CT molecular complexity index is 103. The summed E-state index contributed by atoms with van der Waals surface area (Å²) in [6.07, 6.45) is 1.83. The summed E-state index contributed by atoms with van der Waals surface area (Å²) in [5, 5.41) is 0. The van der Waals surface area contributed by atoms with Crippen LogP contribution in [0.5, 0.6) is 0 Å². The normalized spacial score (nSPS) is 33.6. The summed E-state index contributed by atoms with van der Waals surface area (Å²) in [4.78, 5) is 0. The van der Waals surface area contributed by atoms with E-state index in [1.165, 1.54) is 6.42 Å². The highest BCUT2D eigenvalue weighted by atomic mass is 127. The van der Waals surface area contributed by atoms with Crippen molar-refractivity contribution < 1.29 is 4.74 Å². The summed E-state index contributed by atoms with van der Waals surface area (Å²) in [6.45, 7) is 5.55. The van der Waals surface area contributed by atoms with Gasteiger partial charge in [0, 0.05) is 4.43 Å². The summed E-state index contributed by atoms with van der Waals surface area (Å²) in [6, 6.07) is 0. The molecule has 0 bridgehead atoms. The SMILES string of the molecule is CC(C)[C@@H]1CO[C@H](CI)C1. The average molecular weight is 254 g/mol. The van der Waals surface area contributed by atoms with Crippen molar-refractivity contribution in [2.45, 2.75) is 26.4 Å². The molecule has 2 atom stereocenters. The number of hydrogen-bond donors (Lipinski definition) is 0. The second kappa shape index (κ2) is 3.90. The van der Waals surface area contributed by atoms with E-state index in [4.69, 9.17) is 4.74 Å². The Balaban J connectivity index is 2.28. The molecule has 1 aliphatic heterocycles. The van der Waals surface area contributed by atoms with Gasteiger partial charge in [0.1, 0.15) is 0 Å². The summed E-state index contributed by atoms with van der Waals surface area (Å²) in [7, 11) is 0. The molecule has 0 N–H and O–H groups in total. The van der Waals surface area contributed by atoms with Gasteiger partial charge in [0.05, 0.1) is 12.7 Å². The summed E-state index contributed by atoms with van der Waals surface area (Å²) >= 11 is 2.40. The van der Waals surface area contributed by atoms with Crippen molar-refractivity contribution in [1.29, 1.82) is 0 Å². The van der Waals surface area contributed by atoms with Crippen molar-refractivity contribution in [1.82, 2.24) is 0 Å². The van der Waals surface area contributed by atoms with Gasteiger partial charge in [-0.15, -0.1) is 0 Å². The molecule has 0 aromatic rings. The second-order valence-electron chi connectivity index (χ2n) is 3.35. The fraction of sp³-hybridized carbons (Fsp3) is 1.00. The van der Waals surface area contributed by atoms with Gasteiger partial charge >= 0.3 is 0 Å². The monoisotopic (exact) mass is 254 g/mol. The van der Waals surface area contributed by atoms with Crippen molar-refractivity contribution in [3.05, 3.63) is 0 Å². The third-order valence-electron chi connectivity index (χ3n) is 2.23. The summed E-state index contributed by atoms with van der Waals surface area (Å²) in [5.74, 6) is 1.62. The van der Waals surface area contributed by atoms with Crippen LogP contribution in [0.15, 0.2) is 0 Å². The highest BCUT2D eigenvalue weighted by Gasteiger charge is 2.26. The Kier molecular flexibility index (Phi) is 3.43. The van der Waals surface area contributed by atoms with Crippen molar-refractivity contribution in [3.8, 4) is 0 Å². The number of alkyl halides is 1. The van der Waals surface area contributed by atoms with Crippen LogP contribution in [0.3, 0.4) is 0 Å². The molecule has 1 saturated heterocycles. The third-order valence-corrected chi connectivity index (χ3v) is 3.21. The summed E-state index contributed by atoms with van der Waals surface area (Å²) in [5.41, 5.74) is 0. The molecule has 0 aromatic heterocycles. The molecular formula is C8H15IO. The maximum absolute atomic E-state index is 5.57. The Morgan fingerprint density at radius 3 is 2.60 bits per heavy atom. The van der Waals surface area contributed by atoms with Gasteiger partial charge in [-0.2, -0.15) is 0 Å². The molecule has 0 saturated carbocycles. The molecule has 0 radical (unpaired) electrons. The van der Waals surface area contributed by atoms with Gasteiger partial charge in [-0.05, 0) is 18.3 Å². The molecule has 1 fully saturated rings. The molecule has 0 aromatic carbocycles. The molecule has 10 heavy (non-hydrogen) atoms. The fourth-order valence-corrected chi connectivity index (χ4v) is 1.92. The second-order valence-corrected chi connectivity index (χ2v) is 4.23. The molecule has 1 rings (SSSR count). The molecule has 0 aliphatic carbocycles. The van der Waals surface area contributed by atoms with E-state index in [2.05, 4.69) is 36.4 Å². The quantitative estimate of drug-likeness (QED) is 0.543. The fourth-order valence-electron chi connectivity index (χ4n) is 1.31. The molecule has 1 heterocycles. The highest BCUT2D eigenvalue weighted by molar-refractivity contribution is 14.1. The average Bonchev–Trinajstić information content (AvgIpc) is 2.34. The molecule has 0 unspecified atom stereocenters. The minimum Gasteiger partial charge on any atom is -0.377 e. The molecular weight excluding hydrogens is 239 g/mol. The first-order valence-corrected chi connectivity index (χ1v) is 5.44. The van der Waals surface area contributed by atoms with Gasteiger partial charge in [0.25, 0.3) is 0 Å². The Morgan fingerprint density at radius 2 is 2.30 bits per heavy atom. The number of hydrogen-bond acceptors (Lipinski definition) is 1. The minimum atomic E-state index is 0.549. The predicted octanol–water partition coefficient (Wildman–Crippen LogP) is 2.48. The lowest BCUT2D eigenvalue weighted by Gasteiger charge is -2.10. The van der Waals surface area contributed by atoms with Gasteiger partial charge in [-0.3, -0.25) is 0 Å². The zero-order valence-electron chi connectivity index (χ0n) is 6.64. The van der Waals surface area contributed by atoms with Crippen LogP contribution in [0, 0.1) is 11.8 Å². The first-order valence-electron chi connectivity index (χ1n) is 3.91. The van der Waals surface area contributed by atoms with E-state index in [1.54, 1.807) is 0 Å². The molecule has 1 aliphatic rings. The Labute approximate surface area is 76.7 Å². The zero-order valence-corrected chi connectivity index (χ0v) is 8.80. The zero-order chi connectivity index (χ0) is 7.56. The Hall–Kier alpha value is 0.690. The van der Waals surface area contributed by atoms with Crippen molar-refractivity contribution in [2.24, 2.45) is 11.8 Å². The molecule has 60 valence electrons. The van der Waals surface area contributed by atoms with E-state index in [-0.39, 0.29) is 0 Å². The van der Waals surface area contributed by atoms with Crippen LogP contribution in [0.2, 0.25) is 0 Å². The Morgan fingerprint density at radius 1 is 1.60 bits per heavy atom. The first kappa shape index (κ1) is 8.78.